The molecule has 5 heteroatoms. The molecule has 3 N–H and O–H groups in total. The normalized spacial score (nSPS) is 23.0. The van der Waals surface area contributed by atoms with Gasteiger partial charge in [0.2, 0.25) is 0 Å². The Morgan fingerprint density at radius 1 is 0.900 bits per heavy atom. The molecule has 2 aliphatic rings. The molecule has 0 aromatic heterocycles. The minimum Gasteiger partial charge on any atom is -0.480 e. The van der Waals surface area contributed by atoms with Crippen LogP contribution in [0.2, 0.25) is 0 Å². The van der Waals surface area contributed by atoms with Gasteiger partial charge in [-0.3, -0.25) is 0 Å². The van der Waals surface area contributed by atoms with Gasteiger partial charge < -0.3 is 15.7 Å². The molecular formula is C15H26N2O3. The van der Waals surface area contributed by atoms with E-state index in [1.807, 2.05) is 0 Å². The van der Waals surface area contributed by atoms with Gasteiger partial charge in [-0.15, -0.1) is 0 Å². The molecule has 0 saturated heterocycles. The number of carboxylic acid groups (broad SMARTS) is 1. The van der Waals surface area contributed by atoms with Crippen molar-refractivity contribution >= 4 is 12.0 Å². The molecule has 0 bridgehead atoms. The highest BCUT2D eigenvalue weighted by atomic mass is 16.4. The molecule has 2 amide bonds. The average molecular weight is 282 g/mol. The number of carbonyl (C=O) groups is 2. The molecular weight excluding hydrogens is 256 g/mol. The first-order valence-electron chi connectivity index (χ1n) is 7.96. The van der Waals surface area contributed by atoms with E-state index in [0.717, 1.165) is 51.4 Å². The Bertz CT molecular complexity index is 334. The number of aliphatic carboxylic acids is 1. The van der Waals surface area contributed by atoms with E-state index in [0.29, 0.717) is 0 Å². The second-order valence-corrected chi connectivity index (χ2v) is 6.17. The zero-order valence-corrected chi connectivity index (χ0v) is 12.1. The van der Waals surface area contributed by atoms with Gasteiger partial charge in [-0.25, -0.2) is 9.59 Å². The molecule has 20 heavy (non-hydrogen) atoms. The number of nitrogens with one attached hydrogen (secondary N) is 2. The van der Waals surface area contributed by atoms with Gasteiger partial charge in [-0.05, 0) is 31.6 Å². The number of carboxylic acids is 1. The van der Waals surface area contributed by atoms with Gasteiger partial charge in [0.1, 0.15) is 6.04 Å². The molecule has 2 fully saturated rings. The van der Waals surface area contributed by atoms with Crippen LogP contribution in [0.5, 0.6) is 0 Å². The summed E-state index contributed by atoms with van der Waals surface area (Å²) in [6.45, 7) is 0. The van der Waals surface area contributed by atoms with E-state index in [9.17, 15) is 14.7 Å². The average Bonchev–Trinajstić information content (AvgIpc) is 2.46. The summed E-state index contributed by atoms with van der Waals surface area (Å²) in [5.74, 6) is -0.825. The maximum atomic E-state index is 12.0. The van der Waals surface area contributed by atoms with Gasteiger partial charge in [0.25, 0.3) is 0 Å². The van der Waals surface area contributed by atoms with Gasteiger partial charge >= 0.3 is 12.0 Å². The van der Waals surface area contributed by atoms with Gasteiger partial charge in [0, 0.05) is 6.04 Å². The third-order valence-corrected chi connectivity index (χ3v) is 4.61. The van der Waals surface area contributed by atoms with Crippen LogP contribution in [-0.4, -0.2) is 29.2 Å². The summed E-state index contributed by atoms with van der Waals surface area (Å²) in [7, 11) is 0. The zero-order chi connectivity index (χ0) is 14.4. The molecule has 2 saturated carbocycles. The number of urea groups is 1. The van der Waals surface area contributed by atoms with E-state index >= 15 is 0 Å². The van der Waals surface area contributed by atoms with E-state index in [2.05, 4.69) is 10.6 Å². The Morgan fingerprint density at radius 3 is 2.00 bits per heavy atom. The molecule has 0 radical (unpaired) electrons. The lowest BCUT2D eigenvalue weighted by molar-refractivity contribution is -0.141. The highest BCUT2D eigenvalue weighted by Gasteiger charge is 2.31. The fraction of sp³-hybridized carbons (Fsp3) is 0.867. The molecule has 1 unspecified atom stereocenters. The molecule has 2 aliphatic carbocycles. The van der Waals surface area contributed by atoms with Crippen LogP contribution in [0.25, 0.3) is 0 Å². The number of hydrogen-bond acceptors (Lipinski definition) is 2. The maximum Gasteiger partial charge on any atom is 0.326 e. The Labute approximate surface area is 120 Å². The Morgan fingerprint density at radius 2 is 1.45 bits per heavy atom. The smallest absolute Gasteiger partial charge is 0.326 e. The first kappa shape index (κ1) is 15.1. The van der Waals surface area contributed by atoms with Crippen molar-refractivity contribution in [3.63, 3.8) is 0 Å². The summed E-state index contributed by atoms with van der Waals surface area (Å²) >= 11 is 0. The van der Waals surface area contributed by atoms with Crippen LogP contribution in [0.3, 0.4) is 0 Å². The number of carbonyl (C=O) groups excluding carboxylic acids is 1. The van der Waals surface area contributed by atoms with Crippen molar-refractivity contribution in [3.05, 3.63) is 0 Å². The van der Waals surface area contributed by atoms with Gasteiger partial charge in [-0.2, -0.15) is 0 Å². The van der Waals surface area contributed by atoms with Crippen LogP contribution in [0, 0.1) is 5.92 Å². The van der Waals surface area contributed by atoms with E-state index in [1.54, 1.807) is 0 Å². The summed E-state index contributed by atoms with van der Waals surface area (Å²) in [6, 6.07) is -0.835. The second kappa shape index (κ2) is 7.50. The van der Waals surface area contributed by atoms with Gasteiger partial charge in [-0.1, -0.05) is 38.5 Å². The van der Waals surface area contributed by atoms with Crippen molar-refractivity contribution < 1.29 is 14.7 Å². The Balaban J connectivity index is 1.83. The molecule has 114 valence electrons. The Kier molecular flexibility index (Phi) is 5.68. The molecule has 0 heterocycles. The van der Waals surface area contributed by atoms with Crippen LogP contribution in [-0.2, 0) is 4.79 Å². The summed E-state index contributed by atoms with van der Waals surface area (Å²) in [4.78, 5) is 23.4. The maximum absolute atomic E-state index is 12.0. The molecule has 0 aromatic rings. The zero-order valence-electron chi connectivity index (χ0n) is 12.1. The topological polar surface area (TPSA) is 78.4 Å². The number of amides is 2. The minimum atomic E-state index is -0.907. The van der Waals surface area contributed by atoms with E-state index in [4.69, 9.17) is 0 Å². The fourth-order valence-electron chi connectivity index (χ4n) is 3.46. The lowest BCUT2D eigenvalue weighted by Gasteiger charge is -2.29. The largest absolute Gasteiger partial charge is 0.480 e. The quantitative estimate of drug-likeness (QED) is 0.741. The second-order valence-electron chi connectivity index (χ2n) is 6.17. The summed E-state index contributed by atoms with van der Waals surface area (Å²) in [5.41, 5.74) is 0. The van der Waals surface area contributed by atoms with Crippen molar-refractivity contribution in [2.24, 2.45) is 5.92 Å². The van der Waals surface area contributed by atoms with Crippen molar-refractivity contribution in [2.75, 3.05) is 0 Å². The van der Waals surface area contributed by atoms with E-state index in [1.165, 1.54) is 12.8 Å². The summed E-state index contributed by atoms with van der Waals surface area (Å²) in [5, 5.41) is 15.0. The number of rotatable bonds is 4. The summed E-state index contributed by atoms with van der Waals surface area (Å²) in [6.07, 6.45) is 10.7. The molecule has 0 spiro atoms. The third kappa shape index (κ3) is 4.39. The minimum absolute atomic E-state index is 0.0818. The molecule has 0 aromatic carbocycles. The van der Waals surface area contributed by atoms with Crippen molar-refractivity contribution in [1.82, 2.24) is 10.6 Å². The van der Waals surface area contributed by atoms with Crippen LogP contribution < -0.4 is 10.6 Å². The predicted molar refractivity (Wildman–Crippen MR) is 76.5 cm³/mol. The van der Waals surface area contributed by atoms with Crippen LogP contribution >= 0.6 is 0 Å². The molecule has 1 atom stereocenters. The highest BCUT2D eigenvalue weighted by Crippen LogP contribution is 2.26. The predicted octanol–water partition coefficient (Wildman–Crippen LogP) is 2.65. The molecule has 2 rings (SSSR count). The fourth-order valence-corrected chi connectivity index (χ4v) is 3.46. The first-order valence-corrected chi connectivity index (χ1v) is 7.96. The standard InChI is InChI=1S/C15H26N2O3/c18-14(19)13(11-7-3-1-4-8-11)17-15(20)16-12-9-5-2-6-10-12/h11-13H,1-10H2,(H,18,19)(H2,16,17,20). The van der Waals surface area contributed by atoms with E-state index in [-0.39, 0.29) is 18.0 Å². The number of hydrogen-bond donors (Lipinski definition) is 3. The lowest BCUT2D eigenvalue weighted by atomic mass is 9.84. The summed E-state index contributed by atoms with van der Waals surface area (Å²) < 4.78 is 0. The Hall–Kier alpha value is -1.26. The molecule has 5 nitrogen and oxygen atoms in total. The van der Waals surface area contributed by atoms with Crippen molar-refractivity contribution in [3.8, 4) is 0 Å². The van der Waals surface area contributed by atoms with Crippen LogP contribution in [0.4, 0.5) is 4.79 Å². The van der Waals surface area contributed by atoms with Crippen LogP contribution in [0.15, 0.2) is 0 Å². The SMILES string of the molecule is O=C(NC1CCCCC1)NC(C(=O)O)C1CCCCC1. The first-order chi connectivity index (χ1) is 9.66. The lowest BCUT2D eigenvalue weighted by Crippen LogP contribution is -2.52. The van der Waals surface area contributed by atoms with Crippen molar-refractivity contribution in [1.29, 1.82) is 0 Å². The monoisotopic (exact) mass is 282 g/mol. The van der Waals surface area contributed by atoms with Gasteiger partial charge in [0.05, 0.1) is 0 Å². The highest BCUT2D eigenvalue weighted by molar-refractivity contribution is 5.82. The van der Waals surface area contributed by atoms with Crippen LogP contribution in [0.1, 0.15) is 64.2 Å². The molecule has 0 aliphatic heterocycles. The van der Waals surface area contributed by atoms with Gasteiger partial charge in [0.15, 0.2) is 0 Å². The van der Waals surface area contributed by atoms with Crippen molar-refractivity contribution in [2.45, 2.75) is 76.3 Å². The van der Waals surface area contributed by atoms with E-state index < -0.39 is 12.0 Å². The third-order valence-electron chi connectivity index (χ3n) is 4.61.